The number of nitrogens with one attached hydrogen (secondary N) is 1. The molecule has 0 heterocycles. The molecule has 0 saturated carbocycles. The predicted molar refractivity (Wildman–Crippen MR) is 94.8 cm³/mol. The molecule has 0 aliphatic carbocycles. The zero-order valence-electron chi connectivity index (χ0n) is 13.2. The molecule has 3 rings (SSSR count). The van der Waals surface area contributed by atoms with Crippen molar-refractivity contribution in [1.82, 2.24) is 5.43 Å². The fraction of sp³-hybridized carbons (Fsp3) is 0.100. The topological polar surface area (TPSA) is 41.5 Å². The van der Waals surface area contributed by atoms with Gasteiger partial charge in [-0.2, -0.15) is 5.10 Å². The normalized spacial score (nSPS) is 11.5. The first-order valence-electron chi connectivity index (χ1n) is 7.55. The molecule has 0 radical (unpaired) electrons. The summed E-state index contributed by atoms with van der Waals surface area (Å²) >= 11 is 0. The molecule has 3 aromatic rings. The molecule has 1 amide bonds. The molecule has 23 heavy (non-hydrogen) atoms. The maximum atomic E-state index is 12.2. The number of hydrogen-bond acceptors (Lipinski definition) is 2. The van der Waals surface area contributed by atoms with Gasteiger partial charge in [-0.05, 0) is 36.2 Å². The van der Waals surface area contributed by atoms with Crippen LogP contribution in [0, 0.1) is 6.92 Å². The van der Waals surface area contributed by atoms with Crippen molar-refractivity contribution in [2.45, 2.75) is 13.8 Å². The average Bonchev–Trinajstić information content (AvgIpc) is 2.59. The number of amides is 1. The minimum absolute atomic E-state index is 0.192. The summed E-state index contributed by atoms with van der Waals surface area (Å²) in [7, 11) is 0. The SMILES string of the molecule is C/C(=N\NC(=O)c1ccccc1C)c1cccc2ccccc12. The molecule has 0 unspecified atom stereocenters. The van der Waals surface area contributed by atoms with Crippen LogP contribution in [-0.4, -0.2) is 11.6 Å². The molecular weight excluding hydrogens is 284 g/mol. The van der Waals surface area contributed by atoms with E-state index in [4.69, 9.17) is 0 Å². The highest BCUT2D eigenvalue weighted by Gasteiger charge is 2.08. The Labute approximate surface area is 135 Å². The number of hydrogen-bond donors (Lipinski definition) is 1. The minimum Gasteiger partial charge on any atom is -0.267 e. The smallest absolute Gasteiger partial charge is 0.267 e. The molecule has 1 N–H and O–H groups in total. The molecular formula is C20H18N2O. The van der Waals surface area contributed by atoms with Gasteiger partial charge < -0.3 is 0 Å². The van der Waals surface area contributed by atoms with Crippen molar-refractivity contribution < 1.29 is 4.79 Å². The molecule has 0 aromatic heterocycles. The largest absolute Gasteiger partial charge is 0.271 e. The fourth-order valence-corrected chi connectivity index (χ4v) is 2.62. The van der Waals surface area contributed by atoms with Gasteiger partial charge in [0.2, 0.25) is 0 Å². The van der Waals surface area contributed by atoms with Gasteiger partial charge in [-0.3, -0.25) is 4.79 Å². The Hall–Kier alpha value is -2.94. The number of carbonyl (C=O) groups is 1. The standard InChI is InChI=1S/C20H18N2O/c1-14-8-3-5-11-17(14)20(23)22-21-15(2)18-13-7-10-16-9-4-6-12-19(16)18/h3-13H,1-2H3,(H,22,23)/b21-15+. The number of carbonyl (C=O) groups excluding carboxylic acids is 1. The van der Waals surface area contributed by atoms with Gasteiger partial charge in [-0.15, -0.1) is 0 Å². The van der Waals surface area contributed by atoms with Crippen LogP contribution >= 0.6 is 0 Å². The second-order valence-electron chi connectivity index (χ2n) is 5.48. The Morgan fingerprint density at radius 1 is 0.870 bits per heavy atom. The summed E-state index contributed by atoms with van der Waals surface area (Å²) in [5, 5.41) is 6.56. The van der Waals surface area contributed by atoms with E-state index in [0.717, 1.165) is 27.6 Å². The van der Waals surface area contributed by atoms with Crippen LogP contribution < -0.4 is 5.43 Å². The molecule has 3 heteroatoms. The van der Waals surface area contributed by atoms with Crippen molar-refractivity contribution in [2.24, 2.45) is 5.10 Å². The van der Waals surface area contributed by atoms with Crippen molar-refractivity contribution in [3.8, 4) is 0 Å². The lowest BCUT2D eigenvalue weighted by molar-refractivity contribution is 0.0954. The number of fused-ring (bicyclic) bond motifs is 1. The fourth-order valence-electron chi connectivity index (χ4n) is 2.62. The van der Waals surface area contributed by atoms with Crippen LogP contribution in [0.3, 0.4) is 0 Å². The molecule has 0 aliphatic heterocycles. The number of hydrazone groups is 1. The third-order valence-electron chi connectivity index (χ3n) is 3.89. The first-order chi connectivity index (χ1) is 11.2. The van der Waals surface area contributed by atoms with E-state index in [1.807, 2.05) is 56.3 Å². The summed E-state index contributed by atoms with van der Waals surface area (Å²) in [5.74, 6) is -0.192. The van der Waals surface area contributed by atoms with Crippen LogP contribution in [0.4, 0.5) is 0 Å². The van der Waals surface area contributed by atoms with Crippen molar-refractivity contribution in [3.63, 3.8) is 0 Å². The molecule has 0 bridgehead atoms. The summed E-state index contributed by atoms with van der Waals surface area (Å²) in [6, 6.07) is 21.7. The van der Waals surface area contributed by atoms with E-state index in [2.05, 4.69) is 28.7 Å². The van der Waals surface area contributed by atoms with Gasteiger partial charge in [0.15, 0.2) is 0 Å². The van der Waals surface area contributed by atoms with Gasteiger partial charge in [-0.1, -0.05) is 60.7 Å². The lowest BCUT2D eigenvalue weighted by Crippen LogP contribution is -2.20. The molecule has 0 aliphatic rings. The van der Waals surface area contributed by atoms with Crippen LogP contribution in [0.2, 0.25) is 0 Å². The molecule has 0 atom stereocenters. The number of benzene rings is 3. The molecule has 0 saturated heterocycles. The summed E-state index contributed by atoms with van der Waals surface area (Å²) < 4.78 is 0. The Morgan fingerprint density at radius 3 is 2.35 bits per heavy atom. The van der Waals surface area contributed by atoms with Crippen molar-refractivity contribution in [1.29, 1.82) is 0 Å². The van der Waals surface area contributed by atoms with Crippen molar-refractivity contribution in [3.05, 3.63) is 83.4 Å². The highest BCUT2D eigenvalue weighted by atomic mass is 16.2. The summed E-state index contributed by atoms with van der Waals surface area (Å²) in [6.07, 6.45) is 0. The van der Waals surface area contributed by atoms with Crippen LogP contribution in [0.25, 0.3) is 10.8 Å². The van der Waals surface area contributed by atoms with E-state index in [1.54, 1.807) is 6.07 Å². The van der Waals surface area contributed by atoms with Crippen LogP contribution in [0.15, 0.2) is 71.8 Å². The Bertz CT molecular complexity index is 892. The van der Waals surface area contributed by atoms with Gasteiger partial charge in [0, 0.05) is 11.1 Å². The summed E-state index contributed by atoms with van der Waals surface area (Å²) in [6.45, 7) is 3.82. The first-order valence-corrected chi connectivity index (χ1v) is 7.55. The van der Waals surface area contributed by atoms with Gasteiger partial charge in [-0.25, -0.2) is 5.43 Å². The first kappa shape index (κ1) is 15.0. The second-order valence-corrected chi connectivity index (χ2v) is 5.48. The minimum atomic E-state index is -0.192. The van der Waals surface area contributed by atoms with E-state index >= 15 is 0 Å². The average molecular weight is 302 g/mol. The van der Waals surface area contributed by atoms with E-state index in [0.29, 0.717) is 5.56 Å². The third kappa shape index (κ3) is 3.14. The molecule has 0 fully saturated rings. The van der Waals surface area contributed by atoms with E-state index in [9.17, 15) is 4.79 Å². The van der Waals surface area contributed by atoms with E-state index < -0.39 is 0 Å². The second kappa shape index (κ2) is 6.44. The van der Waals surface area contributed by atoms with Gasteiger partial charge >= 0.3 is 0 Å². The quantitative estimate of drug-likeness (QED) is 0.568. The lowest BCUT2D eigenvalue weighted by atomic mass is 10.0. The van der Waals surface area contributed by atoms with Crippen molar-refractivity contribution >= 4 is 22.4 Å². The van der Waals surface area contributed by atoms with Crippen LogP contribution in [0.1, 0.15) is 28.4 Å². The number of aryl methyl sites for hydroxylation is 1. The molecule has 3 nitrogen and oxygen atoms in total. The number of nitrogens with zero attached hydrogens (tertiary/aromatic N) is 1. The Kier molecular flexibility index (Phi) is 4.20. The van der Waals surface area contributed by atoms with E-state index in [1.165, 1.54) is 0 Å². The van der Waals surface area contributed by atoms with Crippen molar-refractivity contribution in [2.75, 3.05) is 0 Å². The highest BCUT2D eigenvalue weighted by molar-refractivity contribution is 6.10. The molecule has 114 valence electrons. The van der Waals surface area contributed by atoms with Crippen LogP contribution in [-0.2, 0) is 0 Å². The lowest BCUT2D eigenvalue weighted by Gasteiger charge is -2.07. The summed E-state index contributed by atoms with van der Waals surface area (Å²) in [4.78, 5) is 12.2. The Balaban J connectivity index is 1.88. The maximum Gasteiger partial charge on any atom is 0.271 e. The van der Waals surface area contributed by atoms with Gasteiger partial charge in [0.05, 0.1) is 5.71 Å². The summed E-state index contributed by atoms with van der Waals surface area (Å²) in [5.41, 5.74) is 6.03. The number of rotatable bonds is 3. The highest BCUT2D eigenvalue weighted by Crippen LogP contribution is 2.19. The monoisotopic (exact) mass is 302 g/mol. The van der Waals surface area contributed by atoms with Gasteiger partial charge in [0.25, 0.3) is 5.91 Å². The molecule has 3 aromatic carbocycles. The zero-order chi connectivity index (χ0) is 16.2. The Morgan fingerprint density at radius 2 is 1.52 bits per heavy atom. The maximum absolute atomic E-state index is 12.2. The van der Waals surface area contributed by atoms with Gasteiger partial charge in [0.1, 0.15) is 0 Å². The third-order valence-corrected chi connectivity index (χ3v) is 3.89. The van der Waals surface area contributed by atoms with E-state index in [-0.39, 0.29) is 5.91 Å². The zero-order valence-corrected chi connectivity index (χ0v) is 13.2. The molecule has 0 spiro atoms. The predicted octanol–water partition coefficient (Wildman–Crippen LogP) is 4.30. The van der Waals surface area contributed by atoms with Crippen LogP contribution in [0.5, 0.6) is 0 Å².